The Bertz CT molecular complexity index is 930. The van der Waals surface area contributed by atoms with Crippen LogP contribution < -0.4 is 4.90 Å². The average Bonchev–Trinajstić information content (AvgIpc) is 3.43. The van der Waals surface area contributed by atoms with Crippen LogP contribution in [0.3, 0.4) is 0 Å². The van der Waals surface area contributed by atoms with Gasteiger partial charge in [0.2, 0.25) is 0 Å². The molecule has 1 aromatic carbocycles. The van der Waals surface area contributed by atoms with Gasteiger partial charge < -0.3 is 14.2 Å². The molecule has 0 atom stereocenters. The van der Waals surface area contributed by atoms with Crippen molar-refractivity contribution in [3.63, 3.8) is 0 Å². The van der Waals surface area contributed by atoms with Gasteiger partial charge in [0, 0.05) is 24.7 Å². The Kier molecular flexibility index (Phi) is 3.41. The number of imidazole rings is 1. The lowest BCUT2D eigenvalue weighted by atomic mass is 10.2. The van der Waals surface area contributed by atoms with Crippen molar-refractivity contribution in [3.8, 4) is 11.4 Å². The van der Waals surface area contributed by atoms with Crippen molar-refractivity contribution < 1.29 is 9.13 Å². The van der Waals surface area contributed by atoms with E-state index in [1.165, 1.54) is 6.07 Å². The zero-order valence-electron chi connectivity index (χ0n) is 13.7. The molecule has 128 valence electrons. The molecule has 0 bridgehead atoms. The van der Waals surface area contributed by atoms with Crippen LogP contribution in [0.5, 0.6) is 0 Å². The van der Waals surface area contributed by atoms with Crippen molar-refractivity contribution in [1.82, 2.24) is 19.7 Å². The van der Waals surface area contributed by atoms with E-state index in [1.54, 1.807) is 18.3 Å². The maximum Gasteiger partial charge on any atom is 0.152 e. The fourth-order valence-electron chi connectivity index (χ4n) is 3.40. The van der Waals surface area contributed by atoms with E-state index in [0.29, 0.717) is 19.3 Å². The lowest BCUT2D eigenvalue weighted by molar-refractivity contribution is 0.122. The Hall–Kier alpha value is -2.54. The zero-order chi connectivity index (χ0) is 16.8. The van der Waals surface area contributed by atoms with Crippen LogP contribution >= 0.6 is 0 Å². The first-order chi connectivity index (χ1) is 12.3. The van der Waals surface area contributed by atoms with Gasteiger partial charge in [0.05, 0.1) is 30.4 Å². The summed E-state index contributed by atoms with van der Waals surface area (Å²) >= 11 is 0. The van der Waals surface area contributed by atoms with E-state index in [0.717, 1.165) is 54.2 Å². The molecule has 2 aliphatic rings. The smallest absolute Gasteiger partial charge is 0.152 e. The first-order valence-corrected chi connectivity index (χ1v) is 8.63. The number of ether oxygens (including phenoxy) is 1. The standard InChI is InChI=1S/C18H18FN5O/c19-13-1-4-15-16(10-13)24(14-2-3-14)18(21-15)12-9-17(22-20-11-12)23-5-7-25-8-6-23/h1,4,9-11,14H,2-3,5-8H2. The number of anilines is 1. The van der Waals surface area contributed by atoms with E-state index >= 15 is 0 Å². The largest absolute Gasteiger partial charge is 0.378 e. The molecule has 0 radical (unpaired) electrons. The van der Waals surface area contributed by atoms with Crippen LogP contribution in [0.4, 0.5) is 10.2 Å². The average molecular weight is 339 g/mol. The highest BCUT2D eigenvalue weighted by Crippen LogP contribution is 2.41. The van der Waals surface area contributed by atoms with Crippen molar-refractivity contribution in [2.75, 3.05) is 31.2 Å². The third kappa shape index (κ3) is 2.64. The predicted octanol–water partition coefficient (Wildman–Crippen LogP) is 2.80. The number of hydrogen-bond acceptors (Lipinski definition) is 5. The molecule has 3 aromatic rings. The summed E-state index contributed by atoms with van der Waals surface area (Å²) in [7, 11) is 0. The molecule has 1 saturated carbocycles. The summed E-state index contributed by atoms with van der Waals surface area (Å²) in [6.45, 7) is 3.02. The van der Waals surface area contributed by atoms with Crippen LogP contribution in [0, 0.1) is 5.82 Å². The van der Waals surface area contributed by atoms with Gasteiger partial charge >= 0.3 is 0 Å². The highest BCUT2D eigenvalue weighted by atomic mass is 19.1. The Morgan fingerprint density at radius 2 is 1.96 bits per heavy atom. The van der Waals surface area contributed by atoms with Gasteiger partial charge in [-0.05, 0) is 37.1 Å². The van der Waals surface area contributed by atoms with E-state index in [9.17, 15) is 4.39 Å². The summed E-state index contributed by atoms with van der Waals surface area (Å²) < 4.78 is 21.3. The van der Waals surface area contributed by atoms with Crippen molar-refractivity contribution >= 4 is 16.9 Å². The van der Waals surface area contributed by atoms with Crippen LogP contribution in [0.25, 0.3) is 22.4 Å². The van der Waals surface area contributed by atoms with Crippen LogP contribution in [0.15, 0.2) is 30.5 Å². The SMILES string of the molecule is Fc1ccc2nc(-c3cnnc(N4CCOCC4)c3)n(C3CC3)c2c1. The van der Waals surface area contributed by atoms with E-state index in [1.807, 2.05) is 6.07 Å². The zero-order valence-corrected chi connectivity index (χ0v) is 13.7. The van der Waals surface area contributed by atoms with Gasteiger partial charge in [-0.2, -0.15) is 5.10 Å². The second-order valence-electron chi connectivity index (χ2n) is 6.57. The molecule has 1 aliphatic carbocycles. The van der Waals surface area contributed by atoms with E-state index in [-0.39, 0.29) is 5.82 Å². The van der Waals surface area contributed by atoms with E-state index in [4.69, 9.17) is 9.72 Å². The maximum atomic E-state index is 13.7. The fourth-order valence-corrected chi connectivity index (χ4v) is 3.40. The van der Waals surface area contributed by atoms with Gasteiger partial charge in [-0.15, -0.1) is 5.10 Å². The lowest BCUT2D eigenvalue weighted by Crippen LogP contribution is -2.36. The minimum Gasteiger partial charge on any atom is -0.378 e. The molecule has 1 saturated heterocycles. The normalized spacial score (nSPS) is 18.0. The van der Waals surface area contributed by atoms with Crippen molar-refractivity contribution in [3.05, 3.63) is 36.3 Å². The third-order valence-electron chi connectivity index (χ3n) is 4.80. The molecule has 0 N–H and O–H groups in total. The quantitative estimate of drug-likeness (QED) is 0.734. The number of morpholine rings is 1. The lowest BCUT2D eigenvalue weighted by Gasteiger charge is -2.27. The molecule has 7 heteroatoms. The van der Waals surface area contributed by atoms with Gasteiger partial charge in [0.1, 0.15) is 11.6 Å². The Morgan fingerprint density at radius 3 is 2.76 bits per heavy atom. The van der Waals surface area contributed by atoms with Gasteiger partial charge in [-0.25, -0.2) is 9.37 Å². The fraction of sp³-hybridized carbons (Fsp3) is 0.389. The van der Waals surface area contributed by atoms with Crippen molar-refractivity contribution in [1.29, 1.82) is 0 Å². The second-order valence-corrected chi connectivity index (χ2v) is 6.57. The third-order valence-corrected chi connectivity index (χ3v) is 4.80. The number of fused-ring (bicyclic) bond motifs is 1. The highest BCUT2D eigenvalue weighted by molar-refractivity contribution is 5.81. The minimum absolute atomic E-state index is 0.234. The number of benzene rings is 1. The molecule has 3 heterocycles. The summed E-state index contributed by atoms with van der Waals surface area (Å²) in [5.74, 6) is 1.44. The molecule has 5 rings (SSSR count). The first kappa shape index (κ1) is 14.8. The summed E-state index contributed by atoms with van der Waals surface area (Å²) in [6.07, 6.45) is 3.94. The topological polar surface area (TPSA) is 56.1 Å². The Labute approximate surface area is 144 Å². The predicted molar refractivity (Wildman–Crippen MR) is 92.0 cm³/mol. The van der Waals surface area contributed by atoms with Crippen LogP contribution in [0.2, 0.25) is 0 Å². The molecule has 0 amide bonds. The van der Waals surface area contributed by atoms with Gasteiger partial charge in [0.15, 0.2) is 5.82 Å². The van der Waals surface area contributed by atoms with Crippen LogP contribution in [0.1, 0.15) is 18.9 Å². The van der Waals surface area contributed by atoms with Crippen LogP contribution in [-0.4, -0.2) is 46.1 Å². The molecule has 25 heavy (non-hydrogen) atoms. The molecule has 1 aliphatic heterocycles. The first-order valence-electron chi connectivity index (χ1n) is 8.63. The molecule has 0 unspecified atom stereocenters. The number of aromatic nitrogens is 4. The summed E-state index contributed by atoms with van der Waals surface area (Å²) in [4.78, 5) is 6.93. The van der Waals surface area contributed by atoms with Gasteiger partial charge in [-0.3, -0.25) is 0 Å². The number of hydrogen-bond donors (Lipinski definition) is 0. The molecule has 0 spiro atoms. The number of rotatable bonds is 3. The molecular formula is C18H18FN5O. The van der Waals surface area contributed by atoms with Gasteiger partial charge in [-0.1, -0.05) is 0 Å². The number of nitrogens with zero attached hydrogens (tertiary/aromatic N) is 5. The monoisotopic (exact) mass is 339 g/mol. The highest BCUT2D eigenvalue weighted by Gasteiger charge is 2.29. The van der Waals surface area contributed by atoms with E-state index < -0.39 is 0 Å². The Balaban J connectivity index is 1.62. The summed E-state index contributed by atoms with van der Waals surface area (Å²) in [6, 6.07) is 7.18. The molecule has 6 nitrogen and oxygen atoms in total. The number of halogens is 1. The summed E-state index contributed by atoms with van der Waals surface area (Å²) in [5, 5.41) is 8.45. The maximum absolute atomic E-state index is 13.7. The second kappa shape index (κ2) is 5.77. The Morgan fingerprint density at radius 1 is 1.12 bits per heavy atom. The van der Waals surface area contributed by atoms with Gasteiger partial charge in [0.25, 0.3) is 0 Å². The van der Waals surface area contributed by atoms with Crippen molar-refractivity contribution in [2.45, 2.75) is 18.9 Å². The molecule has 2 fully saturated rings. The molecular weight excluding hydrogens is 321 g/mol. The van der Waals surface area contributed by atoms with Crippen molar-refractivity contribution in [2.24, 2.45) is 0 Å². The van der Waals surface area contributed by atoms with E-state index in [2.05, 4.69) is 19.7 Å². The van der Waals surface area contributed by atoms with Crippen LogP contribution in [-0.2, 0) is 4.74 Å². The minimum atomic E-state index is -0.234. The summed E-state index contributed by atoms with van der Waals surface area (Å²) in [5.41, 5.74) is 2.58. The molecule has 2 aromatic heterocycles.